The van der Waals surface area contributed by atoms with Crippen LogP contribution < -0.4 is 21.9 Å². The van der Waals surface area contributed by atoms with Crippen LogP contribution in [0.5, 0.6) is 5.75 Å². The minimum absolute atomic E-state index is 0.217. The molecule has 2 rings (SSSR count). The predicted molar refractivity (Wildman–Crippen MR) is 77.5 cm³/mol. The van der Waals surface area contributed by atoms with Crippen LogP contribution in [0.2, 0.25) is 0 Å². The van der Waals surface area contributed by atoms with Crippen LogP contribution in [-0.2, 0) is 0 Å². The molecule has 1 heterocycles. The van der Waals surface area contributed by atoms with Crippen LogP contribution in [-0.4, -0.2) is 14.7 Å². The molecule has 0 amide bonds. The molecule has 19 heavy (non-hydrogen) atoms. The molecule has 0 bridgehead atoms. The molecule has 0 atom stereocenters. The lowest BCUT2D eigenvalue weighted by atomic mass is 10.3. The highest BCUT2D eigenvalue weighted by molar-refractivity contribution is 9.14. The van der Waals surface area contributed by atoms with Gasteiger partial charge in [0, 0.05) is 8.95 Å². The Morgan fingerprint density at radius 3 is 2.11 bits per heavy atom. The second-order valence-corrected chi connectivity index (χ2v) is 5.69. The quantitative estimate of drug-likeness (QED) is 0.665. The van der Waals surface area contributed by atoms with Crippen molar-refractivity contribution in [1.82, 2.24) is 14.7 Å². The smallest absolute Gasteiger partial charge is 0.365 e. The molecule has 0 radical (unpaired) electrons. The van der Waals surface area contributed by atoms with Gasteiger partial charge in [0.2, 0.25) is 0 Å². The summed E-state index contributed by atoms with van der Waals surface area (Å²) in [6, 6.07) is 3.20. The molecule has 0 spiro atoms. The summed E-state index contributed by atoms with van der Waals surface area (Å²) in [7, 11) is 0. The number of hydrogen-bond acceptors (Lipinski definition) is 4. The van der Waals surface area contributed by atoms with Gasteiger partial charge in [-0.15, -0.1) is 0 Å². The number of benzene rings is 1. The van der Waals surface area contributed by atoms with Gasteiger partial charge in [-0.05, 0) is 59.9 Å². The van der Waals surface area contributed by atoms with Gasteiger partial charge in [-0.25, -0.2) is 14.4 Å². The minimum Gasteiger partial charge on any atom is -0.365 e. The Labute approximate surface area is 130 Å². The predicted octanol–water partition coefficient (Wildman–Crippen LogP) is 1.35. The molecule has 7 nitrogen and oxygen atoms in total. The molecular formula is C9H4Br3N3O4. The molecule has 10 heteroatoms. The van der Waals surface area contributed by atoms with Crippen LogP contribution in [0, 0.1) is 0 Å². The lowest BCUT2D eigenvalue weighted by Gasteiger charge is -2.09. The van der Waals surface area contributed by atoms with Crippen molar-refractivity contribution in [3.8, 4) is 5.75 Å². The Morgan fingerprint density at radius 1 is 0.947 bits per heavy atom. The van der Waals surface area contributed by atoms with Crippen LogP contribution in [0.3, 0.4) is 0 Å². The Balaban J connectivity index is 2.55. The number of hydrogen-bond donors (Lipinski definition) is 2. The van der Waals surface area contributed by atoms with Crippen molar-refractivity contribution in [2.24, 2.45) is 0 Å². The van der Waals surface area contributed by atoms with Crippen molar-refractivity contribution in [3.63, 3.8) is 0 Å². The third kappa shape index (κ3) is 2.90. The van der Waals surface area contributed by atoms with Crippen molar-refractivity contribution in [2.75, 3.05) is 0 Å². The topological polar surface area (TPSA) is 96.9 Å². The second-order valence-electron chi connectivity index (χ2n) is 3.25. The molecule has 0 aliphatic carbocycles. The molecule has 2 N–H and O–H groups in total. The average Bonchev–Trinajstić information content (AvgIpc) is 2.33. The summed E-state index contributed by atoms with van der Waals surface area (Å²) in [5.41, 5.74) is -2.84. The third-order valence-electron chi connectivity index (χ3n) is 2.00. The van der Waals surface area contributed by atoms with Crippen LogP contribution in [0.25, 0.3) is 0 Å². The van der Waals surface area contributed by atoms with Gasteiger partial charge in [0.05, 0.1) is 4.47 Å². The number of nitrogens with zero attached hydrogens (tertiary/aromatic N) is 1. The fourth-order valence-corrected chi connectivity index (χ4v) is 2.52. The summed E-state index contributed by atoms with van der Waals surface area (Å²) < 4.78 is 2.31. The van der Waals surface area contributed by atoms with Crippen molar-refractivity contribution in [2.45, 2.75) is 0 Å². The van der Waals surface area contributed by atoms with E-state index in [4.69, 9.17) is 4.84 Å². The van der Waals surface area contributed by atoms with E-state index in [9.17, 15) is 14.4 Å². The van der Waals surface area contributed by atoms with Gasteiger partial charge < -0.3 is 4.84 Å². The van der Waals surface area contributed by atoms with E-state index in [0.29, 0.717) is 13.7 Å². The standard InChI is InChI=1S/C9H4Br3N3O4/c10-3-1-2-4(6(12)5(3)11)19-15-8(17)13-7(16)14-9(15)18/h1-2H,(H2,13,14,16,17,18). The third-order valence-corrected chi connectivity index (χ3v) is 5.34. The molecule has 1 aromatic carbocycles. The lowest BCUT2D eigenvalue weighted by Crippen LogP contribution is -2.45. The van der Waals surface area contributed by atoms with E-state index in [1.807, 2.05) is 9.97 Å². The van der Waals surface area contributed by atoms with E-state index < -0.39 is 17.1 Å². The van der Waals surface area contributed by atoms with E-state index in [0.717, 1.165) is 4.47 Å². The largest absolute Gasteiger partial charge is 0.367 e. The Kier molecular flexibility index (Phi) is 4.11. The van der Waals surface area contributed by atoms with Crippen LogP contribution in [0.4, 0.5) is 0 Å². The number of aromatic nitrogens is 3. The fourth-order valence-electron chi connectivity index (χ4n) is 1.18. The van der Waals surface area contributed by atoms with E-state index in [2.05, 4.69) is 47.8 Å². The summed E-state index contributed by atoms with van der Waals surface area (Å²) in [4.78, 5) is 42.7. The lowest BCUT2D eigenvalue weighted by molar-refractivity contribution is 0.182. The maximum atomic E-state index is 11.5. The van der Waals surface area contributed by atoms with E-state index in [-0.39, 0.29) is 5.75 Å². The van der Waals surface area contributed by atoms with Gasteiger partial charge in [0.25, 0.3) is 0 Å². The van der Waals surface area contributed by atoms with Crippen LogP contribution >= 0.6 is 47.8 Å². The Hall–Kier alpha value is -1.13. The van der Waals surface area contributed by atoms with Crippen molar-refractivity contribution < 1.29 is 4.84 Å². The van der Waals surface area contributed by atoms with Crippen LogP contribution in [0.15, 0.2) is 39.9 Å². The zero-order valence-corrected chi connectivity index (χ0v) is 13.6. The van der Waals surface area contributed by atoms with Crippen molar-refractivity contribution in [1.29, 1.82) is 0 Å². The molecule has 0 saturated heterocycles. The molecule has 0 aliphatic rings. The van der Waals surface area contributed by atoms with Crippen molar-refractivity contribution in [3.05, 3.63) is 57.0 Å². The fraction of sp³-hybridized carbons (Fsp3) is 0. The Bertz CT molecular complexity index is 773. The monoisotopic (exact) mass is 455 g/mol. The summed E-state index contributed by atoms with van der Waals surface area (Å²) in [6.07, 6.45) is 0. The molecule has 2 aromatic rings. The minimum atomic E-state index is -0.973. The molecule has 0 aliphatic heterocycles. The normalized spacial score (nSPS) is 10.5. The highest BCUT2D eigenvalue weighted by Crippen LogP contribution is 2.37. The maximum Gasteiger partial charge on any atom is 0.367 e. The van der Waals surface area contributed by atoms with Gasteiger partial charge in [0.1, 0.15) is 0 Å². The zero-order chi connectivity index (χ0) is 14.2. The summed E-state index contributed by atoms with van der Waals surface area (Å²) >= 11 is 9.83. The molecular weight excluding hydrogens is 454 g/mol. The SMILES string of the molecule is O=c1[nH]c(=O)n(Oc2ccc(Br)c(Br)c2Br)c(=O)[nH]1. The van der Waals surface area contributed by atoms with Crippen molar-refractivity contribution >= 4 is 47.8 Å². The van der Waals surface area contributed by atoms with Gasteiger partial charge in [0.15, 0.2) is 5.75 Å². The Morgan fingerprint density at radius 2 is 1.53 bits per heavy atom. The van der Waals surface area contributed by atoms with Crippen LogP contribution in [0.1, 0.15) is 0 Å². The molecule has 0 fully saturated rings. The van der Waals surface area contributed by atoms with E-state index in [1.54, 1.807) is 6.07 Å². The number of halogens is 3. The van der Waals surface area contributed by atoms with E-state index >= 15 is 0 Å². The number of aromatic amines is 2. The number of H-pyrrole nitrogens is 2. The first kappa shape index (κ1) is 14.3. The highest BCUT2D eigenvalue weighted by atomic mass is 79.9. The van der Waals surface area contributed by atoms with E-state index in [1.165, 1.54) is 6.07 Å². The summed E-state index contributed by atoms with van der Waals surface area (Å²) in [6.45, 7) is 0. The maximum absolute atomic E-state index is 11.5. The molecule has 0 unspecified atom stereocenters. The molecule has 1 aromatic heterocycles. The zero-order valence-electron chi connectivity index (χ0n) is 8.87. The number of rotatable bonds is 2. The molecule has 100 valence electrons. The van der Waals surface area contributed by atoms with Gasteiger partial charge in [-0.1, -0.05) is 4.73 Å². The first-order valence-electron chi connectivity index (χ1n) is 4.67. The van der Waals surface area contributed by atoms with Gasteiger partial charge >= 0.3 is 17.1 Å². The molecule has 0 saturated carbocycles. The van der Waals surface area contributed by atoms with Gasteiger partial charge in [-0.2, -0.15) is 0 Å². The average molecular weight is 458 g/mol. The summed E-state index contributed by atoms with van der Waals surface area (Å²) in [5, 5.41) is 0. The second kappa shape index (κ2) is 5.47. The first-order chi connectivity index (χ1) is 8.90. The number of nitrogens with one attached hydrogen (secondary N) is 2. The highest BCUT2D eigenvalue weighted by Gasteiger charge is 2.12. The van der Waals surface area contributed by atoms with Gasteiger partial charge in [-0.3, -0.25) is 9.97 Å². The first-order valence-corrected chi connectivity index (χ1v) is 7.05. The summed E-state index contributed by atoms with van der Waals surface area (Å²) in [5.74, 6) is 0.217.